The van der Waals surface area contributed by atoms with Crippen molar-refractivity contribution in [3.63, 3.8) is 0 Å². The van der Waals surface area contributed by atoms with E-state index in [0.29, 0.717) is 6.42 Å². The van der Waals surface area contributed by atoms with Crippen molar-refractivity contribution in [3.05, 3.63) is 84.2 Å². The van der Waals surface area contributed by atoms with Gasteiger partial charge in [0.05, 0.1) is 30.4 Å². The van der Waals surface area contributed by atoms with E-state index in [0.717, 1.165) is 40.4 Å². The van der Waals surface area contributed by atoms with Gasteiger partial charge in [-0.15, -0.1) is 0 Å². The van der Waals surface area contributed by atoms with Crippen LogP contribution in [0.2, 0.25) is 0 Å². The summed E-state index contributed by atoms with van der Waals surface area (Å²) in [6.07, 6.45) is 4.86. The second-order valence-electron chi connectivity index (χ2n) is 7.85. The fourth-order valence-electron chi connectivity index (χ4n) is 4.55. The molecule has 1 saturated carbocycles. The minimum Gasteiger partial charge on any atom is -0.497 e. The van der Waals surface area contributed by atoms with E-state index in [1.807, 2.05) is 54.7 Å². The van der Waals surface area contributed by atoms with Crippen molar-refractivity contribution in [2.24, 2.45) is 10.9 Å². The highest BCUT2D eigenvalue weighted by atomic mass is 16.5. The molecule has 30 heavy (non-hydrogen) atoms. The number of pyridine rings is 1. The molecule has 3 aromatic rings. The van der Waals surface area contributed by atoms with Crippen molar-refractivity contribution in [1.82, 2.24) is 4.98 Å². The summed E-state index contributed by atoms with van der Waals surface area (Å²) in [5, 5.41) is 3.58. The number of carbonyl (C=O) groups is 1. The molecule has 5 nitrogen and oxygen atoms in total. The van der Waals surface area contributed by atoms with Crippen LogP contribution in [-0.4, -0.2) is 23.6 Å². The maximum absolute atomic E-state index is 13.5. The quantitative estimate of drug-likeness (QED) is 0.668. The lowest BCUT2D eigenvalue weighted by molar-refractivity contribution is -0.122. The third-order valence-electron chi connectivity index (χ3n) is 6.05. The molecule has 1 aromatic heterocycles. The number of aliphatic imine (C=N–C) groups is 1. The van der Waals surface area contributed by atoms with Gasteiger partial charge in [0.25, 0.3) is 0 Å². The summed E-state index contributed by atoms with van der Waals surface area (Å²) in [6.45, 7) is 0. The molecule has 1 aliphatic carbocycles. The minimum atomic E-state index is -0.295. The monoisotopic (exact) mass is 397 g/mol. The third-order valence-corrected chi connectivity index (χ3v) is 6.05. The highest BCUT2D eigenvalue weighted by molar-refractivity contribution is 6.10. The largest absolute Gasteiger partial charge is 0.497 e. The molecule has 3 atom stereocenters. The van der Waals surface area contributed by atoms with Crippen LogP contribution in [0, 0.1) is 5.92 Å². The summed E-state index contributed by atoms with van der Waals surface area (Å²) >= 11 is 0. The Morgan fingerprint density at radius 3 is 2.57 bits per heavy atom. The first-order valence-electron chi connectivity index (χ1n) is 10.2. The number of nitrogens with one attached hydrogen (secondary N) is 1. The zero-order valence-electron chi connectivity index (χ0n) is 16.8. The van der Waals surface area contributed by atoms with E-state index in [-0.39, 0.29) is 23.7 Å². The Bertz CT molecular complexity index is 1090. The van der Waals surface area contributed by atoms with Gasteiger partial charge in [-0.3, -0.25) is 14.8 Å². The number of para-hydroxylation sites is 2. The van der Waals surface area contributed by atoms with Crippen LogP contribution < -0.4 is 10.1 Å². The number of aromatic nitrogens is 1. The van der Waals surface area contributed by atoms with Gasteiger partial charge < -0.3 is 10.1 Å². The summed E-state index contributed by atoms with van der Waals surface area (Å²) < 4.78 is 5.28. The molecule has 0 saturated heterocycles. The number of methoxy groups -OCH3 is 1. The molecule has 2 aromatic carbocycles. The topological polar surface area (TPSA) is 63.6 Å². The second kappa shape index (κ2) is 7.75. The molecule has 5 heteroatoms. The molecule has 0 bridgehead atoms. The Morgan fingerprint density at radius 2 is 1.80 bits per heavy atom. The maximum atomic E-state index is 13.5. The summed E-state index contributed by atoms with van der Waals surface area (Å²) in [5.74, 6) is 0.865. The molecular formula is C25H23N3O2. The van der Waals surface area contributed by atoms with E-state index in [1.54, 1.807) is 13.3 Å². The Balaban J connectivity index is 1.56. The van der Waals surface area contributed by atoms with Crippen LogP contribution in [0.3, 0.4) is 0 Å². The molecule has 1 N–H and O–H groups in total. The first-order chi connectivity index (χ1) is 14.7. The molecule has 1 aliphatic heterocycles. The fraction of sp³-hybridized carbons (Fsp3) is 0.240. The summed E-state index contributed by atoms with van der Waals surface area (Å²) in [6, 6.07) is 19.8. The van der Waals surface area contributed by atoms with Crippen LogP contribution in [0.5, 0.6) is 5.75 Å². The average Bonchev–Trinajstić information content (AvgIpc) is 2.96. The van der Waals surface area contributed by atoms with Gasteiger partial charge in [-0.1, -0.05) is 30.3 Å². The Kier molecular flexibility index (Phi) is 4.79. The van der Waals surface area contributed by atoms with Gasteiger partial charge in [0.2, 0.25) is 0 Å². The van der Waals surface area contributed by atoms with Gasteiger partial charge in [0.1, 0.15) is 11.5 Å². The van der Waals surface area contributed by atoms with Gasteiger partial charge in [0, 0.05) is 24.5 Å². The minimum absolute atomic E-state index is 0.123. The number of fused-ring (bicyclic) bond motifs is 2. The lowest BCUT2D eigenvalue weighted by Gasteiger charge is -2.33. The predicted octanol–water partition coefficient (Wildman–Crippen LogP) is 5.09. The van der Waals surface area contributed by atoms with E-state index >= 15 is 0 Å². The Labute approximate surface area is 175 Å². The van der Waals surface area contributed by atoms with Crippen LogP contribution in [-0.2, 0) is 4.79 Å². The zero-order valence-corrected chi connectivity index (χ0v) is 16.8. The van der Waals surface area contributed by atoms with E-state index in [2.05, 4.69) is 22.4 Å². The molecule has 150 valence electrons. The van der Waals surface area contributed by atoms with Crippen LogP contribution in [0.4, 0.5) is 11.4 Å². The normalized spacial score (nSPS) is 22.8. The number of carbonyl (C=O) groups excluding carboxylic acids is 1. The van der Waals surface area contributed by atoms with E-state index in [1.165, 1.54) is 0 Å². The first-order valence-corrected chi connectivity index (χ1v) is 10.2. The number of nitrogens with zero attached hydrogens (tertiary/aromatic N) is 2. The summed E-state index contributed by atoms with van der Waals surface area (Å²) in [7, 11) is 1.66. The highest BCUT2D eigenvalue weighted by Gasteiger charge is 2.41. The number of anilines is 1. The molecule has 0 amide bonds. The Hall–Kier alpha value is -3.47. The summed E-state index contributed by atoms with van der Waals surface area (Å²) in [5.41, 5.74) is 4.92. The van der Waals surface area contributed by atoms with E-state index < -0.39 is 0 Å². The fourth-order valence-corrected chi connectivity index (χ4v) is 4.55. The number of benzene rings is 2. The smallest absolute Gasteiger partial charge is 0.144 e. The summed E-state index contributed by atoms with van der Waals surface area (Å²) in [4.78, 5) is 22.7. The number of ketones is 1. The van der Waals surface area contributed by atoms with Gasteiger partial charge in [-0.2, -0.15) is 0 Å². The van der Waals surface area contributed by atoms with Gasteiger partial charge >= 0.3 is 0 Å². The lowest BCUT2D eigenvalue weighted by Crippen LogP contribution is -2.38. The van der Waals surface area contributed by atoms with Crippen LogP contribution in [0.1, 0.15) is 35.9 Å². The zero-order chi connectivity index (χ0) is 20.5. The van der Waals surface area contributed by atoms with Crippen molar-refractivity contribution in [2.45, 2.75) is 24.8 Å². The lowest BCUT2D eigenvalue weighted by atomic mass is 9.72. The Morgan fingerprint density at radius 1 is 0.967 bits per heavy atom. The third kappa shape index (κ3) is 3.36. The molecule has 1 unspecified atom stereocenters. The highest BCUT2D eigenvalue weighted by Crippen LogP contribution is 2.43. The van der Waals surface area contributed by atoms with Gasteiger partial charge in [-0.05, 0) is 53.8 Å². The van der Waals surface area contributed by atoms with E-state index in [9.17, 15) is 4.79 Å². The van der Waals surface area contributed by atoms with Crippen LogP contribution >= 0.6 is 0 Å². The number of Topliss-reactive ketones (excluding diaryl/α,β-unsaturated/α-hetero) is 1. The van der Waals surface area contributed by atoms with Crippen LogP contribution in [0.15, 0.2) is 78.0 Å². The SMILES string of the molecule is COc1ccc([C@@H]2CC(=O)C3C(=Nc4ccccc4N[C@@H]3c3cccnc3)C2)cc1. The molecule has 2 heterocycles. The van der Waals surface area contributed by atoms with Gasteiger partial charge in [0.15, 0.2) is 0 Å². The van der Waals surface area contributed by atoms with Crippen molar-refractivity contribution in [1.29, 1.82) is 0 Å². The van der Waals surface area contributed by atoms with E-state index in [4.69, 9.17) is 9.73 Å². The molecule has 5 rings (SSSR count). The van der Waals surface area contributed by atoms with Gasteiger partial charge in [-0.25, -0.2) is 0 Å². The van der Waals surface area contributed by atoms with Crippen molar-refractivity contribution < 1.29 is 9.53 Å². The second-order valence-corrected chi connectivity index (χ2v) is 7.85. The number of hydrogen-bond acceptors (Lipinski definition) is 5. The number of hydrogen-bond donors (Lipinski definition) is 1. The van der Waals surface area contributed by atoms with Crippen LogP contribution in [0.25, 0.3) is 0 Å². The molecule has 0 spiro atoms. The molecule has 0 radical (unpaired) electrons. The van der Waals surface area contributed by atoms with Crippen molar-refractivity contribution in [3.8, 4) is 5.75 Å². The average molecular weight is 397 g/mol. The first kappa shape index (κ1) is 18.6. The standard InChI is InChI=1S/C25H23N3O2/c1-30-19-10-8-16(9-11-19)18-13-22-24(23(29)14-18)25(17-5-4-12-26-15-17)28-21-7-3-2-6-20(21)27-22/h2-12,15,18,24-25,28H,13-14H2,1H3/t18-,24?,25+/m0/s1. The molecule has 2 aliphatic rings. The van der Waals surface area contributed by atoms with Crippen molar-refractivity contribution in [2.75, 3.05) is 12.4 Å². The molecular weight excluding hydrogens is 374 g/mol. The number of rotatable bonds is 3. The maximum Gasteiger partial charge on any atom is 0.144 e. The molecule has 1 fully saturated rings. The van der Waals surface area contributed by atoms with Crippen molar-refractivity contribution >= 4 is 22.9 Å². The predicted molar refractivity (Wildman–Crippen MR) is 118 cm³/mol. The number of ether oxygens (including phenoxy) is 1.